The highest BCUT2D eigenvalue weighted by Gasteiger charge is 2.11. The van der Waals surface area contributed by atoms with E-state index in [-0.39, 0.29) is 11.5 Å². The normalized spacial score (nSPS) is 10.8. The second kappa shape index (κ2) is 7.11. The summed E-state index contributed by atoms with van der Waals surface area (Å²) < 4.78 is 0. The predicted molar refractivity (Wildman–Crippen MR) is 81.9 cm³/mol. The minimum absolute atomic E-state index is 0.0320. The summed E-state index contributed by atoms with van der Waals surface area (Å²) in [5.41, 5.74) is 0.538. The van der Waals surface area contributed by atoms with Crippen LogP contribution in [0.4, 0.5) is 0 Å². The molecule has 4 nitrogen and oxygen atoms in total. The van der Waals surface area contributed by atoms with Crippen molar-refractivity contribution in [3.8, 4) is 0 Å². The monoisotopic (exact) mass is 329 g/mol. The van der Waals surface area contributed by atoms with Crippen molar-refractivity contribution in [2.24, 2.45) is 0 Å². The van der Waals surface area contributed by atoms with Gasteiger partial charge in [0.2, 0.25) is 5.16 Å². The molecule has 0 radical (unpaired) electrons. The van der Waals surface area contributed by atoms with Crippen LogP contribution in [0.25, 0.3) is 0 Å². The van der Waals surface area contributed by atoms with Crippen molar-refractivity contribution in [1.82, 2.24) is 15.2 Å². The van der Waals surface area contributed by atoms with Gasteiger partial charge in [0.25, 0.3) is 0 Å². The van der Waals surface area contributed by atoms with Gasteiger partial charge in [0.15, 0.2) is 5.78 Å². The summed E-state index contributed by atoms with van der Waals surface area (Å²) in [6.45, 7) is 2.07. The highest BCUT2D eigenvalue weighted by molar-refractivity contribution is 7.99. The number of Topliss-reactive ketones (excluding diaryl/α,β-unsaturated/α-hetero) is 1. The number of hydrogen-bond donors (Lipinski definition) is 1. The van der Waals surface area contributed by atoms with E-state index < -0.39 is 0 Å². The van der Waals surface area contributed by atoms with Gasteiger partial charge in [-0.2, -0.15) is 0 Å². The summed E-state index contributed by atoms with van der Waals surface area (Å²) in [7, 11) is 0. The third kappa shape index (κ3) is 3.98. The molecule has 7 heteroatoms. The van der Waals surface area contributed by atoms with E-state index in [9.17, 15) is 4.79 Å². The fourth-order valence-electron chi connectivity index (χ4n) is 1.57. The average Bonchev–Trinajstić information content (AvgIpc) is 2.87. The zero-order valence-corrected chi connectivity index (χ0v) is 13.1. The van der Waals surface area contributed by atoms with E-state index in [2.05, 4.69) is 22.1 Å². The molecule has 1 heterocycles. The first-order valence-electron chi connectivity index (χ1n) is 6.12. The maximum Gasteiger partial charge on any atom is 0.208 e. The van der Waals surface area contributed by atoms with Crippen molar-refractivity contribution >= 4 is 40.7 Å². The van der Waals surface area contributed by atoms with Crippen LogP contribution in [0.2, 0.25) is 10.0 Å². The van der Waals surface area contributed by atoms with Crippen LogP contribution in [0.5, 0.6) is 0 Å². The van der Waals surface area contributed by atoms with Crippen LogP contribution in [0.15, 0.2) is 23.4 Å². The number of ketones is 1. The van der Waals surface area contributed by atoms with Crippen LogP contribution in [0, 0.1) is 0 Å². The quantitative estimate of drug-likeness (QED) is 0.641. The van der Waals surface area contributed by atoms with E-state index in [1.807, 2.05) is 0 Å². The number of carbonyl (C=O) groups is 1. The number of aromatic amines is 1. The molecule has 1 aromatic heterocycles. The van der Waals surface area contributed by atoms with Crippen LogP contribution in [0.1, 0.15) is 29.5 Å². The molecule has 0 fully saturated rings. The lowest BCUT2D eigenvalue weighted by Gasteiger charge is -2.01. The number of hydrogen-bond acceptors (Lipinski definition) is 4. The molecule has 0 bridgehead atoms. The number of aromatic nitrogens is 3. The molecule has 0 aliphatic carbocycles. The first-order chi connectivity index (χ1) is 9.60. The van der Waals surface area contributed by atoms with Gasteiger partial charge >= 0.3 is 0 Å². The number of benzene rings is 1. The molecule has 20 heavy (non-hydrogen) atoms. The summed E-state index contributed by atoms with van der Waals surface area (Å²) in [5.74, 6) is 1.08. The van der Waals surface area contributed by atoms with E-state index in [4.69, 9.17) is 23.2 Å². The molecule has 1 N–H and O–H groups in total. The molecule has 0 spiro atoms. The Bertz CT molecular complexity index is 615. The highest BCUT2D eigenvalue weighted by atomic mass is 35.5. The number of rotatable bonds is 6. The van der Waals surface area contributed by atoms with Crippen molar-refractivity contribution in [2.45, 2.75) is 24.9 Å². The Labute approximate surface area is 131 Å². The predicted octanol–water partition coefficient (Wildman–Crippen LogP) is 4.04. The van der Waals surface area contributed by atoms with Crippen LogP contribution < -0.4 is 0 Å². The second-order valence-electron chi connectivity index (χ2n) is 4.16. The van der Waals surface area contributed by atoms with Gasteiger partial charge in [-0.25, -0.2) is 4.98 Å². The second-order valence-corrected chi connectivity index (χ2v) is 5.91. The maximum atomic E-state index is 12.0. The standard InChI is InChI=1S/C13H13Cl2N3OS/c1-2-3-12-16-13(18-17-12)20-7-11(19)8-4-5-9(14)10(15)6-8/h4-6H,2-3,7H2,1H3,(H,16,17,18). The summed E-state index contributed by atoms with van der Waals surface area (Å²) >= 11 is 13.0. The molecule has 0 saturated heterocycles. The van der Waals surface area contributed by atoms with E-state index in [0.717, 1.165) is 18.7 Å². The Morgan fingerprint density at radius 3 is 2.85 bits per heavy atom. The van der Waals surface area contributed by atoms with Gasteiger partial charge in [-0.3, -0.25) is 9.89 Å². The molecule has 2 rings (SSSR count). The van der Waals surface area contributed by atoms with Gasteiger partial charge in [-0.1, -0.05) is 41.9 Å². The minimum atomic E-state index is -0.0320. The Hall–Kier alpha value is -1.04. The van der Waals surface area contributed by atoms with Gasteiger partial charge in [-0.05, 0) is 24.6 Å². The average molecular weight is 330 g/mol. The van der Waals surface area contributed by atoms with Gasteiger partial charge < -0.3 is 0 Å². The zero-order valence-electron chi connectivity index (χ0n) is 10.8. The van der Waals surface area contributed by atoms with E-state index in [1.165, 1.54) is 11.8 Å². The first-order valence-corrected chi connectivity index (χ1v) is 7.86. The number of nitrogens with zero attached hydrogens (tertiary/aromatic N) is 2. The van der Waals surface area contributed by atoms with E-state index in [1.54, 1.807) is 18.2 Å². The van der Waals surface area contributed by atoms with Crippen molar-refractivity contribution in [1.29, 1.82) is 0 Å². The third-order valence-electron chi connectivity index (χ3n) is 2.57. The number of thioether (sulfide) groups is 1. The number of nitrogens with one attached hydrogen (secondary N) is 1. The molecule has 1 aromatic carbocycles. The van der Waals surface area contributed by atoms with E-state index in [0.29, 0.717) is 20.8 Å². The van der Waals surface area contributed by atoms with Crippen molar-refractivity contribution in [2.75, 3.05) is 5.75 Å². The van der Waals surface area contributed by atoms with Gasteiger partial charge in [0.05, 0.1) is 15.8 Å². The molecule has 0 unspecified atom stereocenters. The Kier molecular flexibility index (Phi) is 5.46. The summed E-state index contributed by atoms with van der Waals surface area (Å²) in [5, 5.41) is 8.32. The number of carbonyl (C=O) groups excluding carboxylic acids is 1. The number of halogens is 2. The van der Waals surface area contributed by atoms with Crippen LogP contribution in [-0.2, 0) is 6.42 Å². The Balaban J connectivity index is 1.95. The topological polar surface area (TPSA) is 58.6 Å². The van der Waals surface area contributed by atoms with E-state index >= 15 is 0 Å². The SMILES string of the molecule is CCCc1nc(SCC(=O)c2ccc(Cl)c(Cl)c2)n[nH]1. The lowest BCUT2D eigenvalue weighted by molar-refractivity contribution is 0.102. The fraction of sp³-hybridized carbons (Fsp3) is 0.308. The van der Waals surface area contributed by atoms with Gasteiger partial charge in [0, 0.05) is 12.0 Å². The Morgan fingerprint density at radius 1 is 1.35 bits per heavy atom. The Morgan fingerprint density at radius 2 is 2.15 bits per heavy atom. The molecular weight excluding hydrogens is 317 g/mol. The molecule has 2 aromatic rings. The highest BCUT2D eigenvalue weighted by Crippen LogP contribution is 2.24. The molecule has 106 valence electrons. The molecule has 0 aliphatic rings. The van der Waals surface area contributed by atoms with Gasteiger partial charge in [-0.15, -0.1) is 5.10 Å². The van der Waals surface area contributed by atoms with Crippen molar-refractivity contribution < 1.29 is 4.79 Å². The van der Waals surface area contributed by atoms with Crippen molar-refractivity contribution in [3.05, 3.63) is 39.6 Å². The van der Waals surface area contributed by atoms with Crippen LogP contribution in [-0.4, -0.2) is 26.7 Å². The fourth-order valence-corrected chi connectivity index (χ4v) is 2.58. The molecule has 0 amide bonds. The molecule has 0 aliphatic heterocycles. The van der Waals surface area contributed by atoms with Crippen LogP contribution >= 0.6 is 35.0 Å². The summed E-state index contributed by atoms with van der Waals surface area (Å²) in [6.07, 6.45) is 1.86. The lowest BCUT2D eigenvalue weighted by Crippen LogP contribution is -2.02. The minimum Gasteiger partial charge on any atom is -0.293 e. The van der Waals surface area contributed by atoms with Gasteiger partial charge in [0.1, 0.15) is 5.82 Å². The summed E-state index contributed by atoms with van der Waals surface area (Å²) in [4.78, 5) is 16.3. The smallest absolute Gasteiger partial charge is 0.208 e. The lowest BCUT2D eigenvalue weighted by atomic mass is 10.1. The summed E-state index contributed by atoms with van der Waals surface area (Å²) in [6, 6.07) is 4.86. The maximum absolute atomic E-state index is 12.0. The third-order valence-corrected chi connectivity index (χ3v) is 4.16. The zero-order chi connectivity index (χ0) is 14.5. The van der Waals surface area contributed by atoms with Crippen molar-refractivity contribution in [3.63, 3.8) is 0 Å². The molecular formula is C13H13Cl2N3OS. The molecule has 0 saturated carbocycles. The molecule has 0 atom stereocenters. The first kappa shape index (κ1) is 15.4. The largest absolute Gasteiger partial charge is 0.293 e. The number of aryl methyl sites for hydroxylation is 1. The van der Waals surface area contributed by atoms with Crippen LogP contribution in [0.3, 0.4) is 0 Å². The number of H-pyrrole nitrogens is 1.